The molecule has 2 nitrogen and oxygen atoms in total. The molecule has 0 aliphatic rings. The van der Waals surface area contributed by atoms with Gasteiger partial charge in [0.15, 0.2) is 11.6 Å². The number of hydrogen-bond donors (Lipinski definition) is 1. The molecule has 0 aliphatic carbocycles. The van der Waals surface area contributed by atoms with Gasteiger partial charge >= 0.3 is 0 Å². The Morgan fingerprint density at radius 1 is 1.39 bits per heavy atom. The quantitative estimate of drug-likeness (QED) is 0.717. The number of hydrogen-bond acceptors (Lipinski definition) is 2. The van der Waals surface area contributed by atoms with Gasteiger partial charge in [0.05, 0.1) is 7.11 Å². The molecular formula is C15H24FNO. The predicted octanol–water partition coefficient (Wildman–Crippen LogP) is 3.40. The summed E-state index contributed by atoms with van der Waals surface area (Å²) in [4.78, 5) is 0. The molecule has 0 amide bonds. The molecule has 0 fully saturated rings. The van der Waals surface area contributed by atoms with E-state index in [0.717, 1.165) is 37.9 Å². The van der Waals surface area contributed by atoms with E-state index < -0.39 is 0 Å². The molecule has 1 aromatic carbocycles. The number of benzene rings is 1. The molecule has 18 heavy (non-hydrogen) atoms. The summed E-state index contributed by atoms with van der Waals surface area (Å²) in [7, 11) is 1.50. The first kappa shape index (κ1) is 15.0. The fourth-order valence-corrected chi connectivity index (χ4v) is 1.94. The van der Waals surface area contributed by atoms with Crippen LogP contribution in [0.25, 0.3) is 0 Å². The molecule has 0 bridgehead atoms. The van der Waals surface area contributed by atoms with Gasteiger partial charge in [-0.25, -0.2) is 4.39 Å². The second-order valence-electron chi connectivity index (χ2n) is 4.78. The highest BCUT2D eigenvalue weighted by Gasteiger charge is 2.09. The first-order chi connectivity index (χ1) is 8.69. The fraction of sp³-hybridized carbons (Fsp3) is 0.600. The minimum atomic E-state index is -0.214. The van der Waals surface area contributed by atoms with Crippen molar-refractivity contribution in [2.24, 2.45) is 5.92 Å². The SMILES string of the molecule is CCCNCC(C)CCc1cccc(OC)c1F. The van der Waals surface area contributed by atoms with Crippen molar-refractivity contribution in [3.63, 3.8) is 0 Å². The van der Waals surface area contributed by atoms with E-state index in [0.29, 0.717) is 11.7 Å². The molecule has 1 rings (SSSR count). The van der Waals surface area contributed by atoms with E-state index in [2.05, 4.69) is 19.2 Å². The van der Waals surface area contributed by atoms with Crippen molar-refractivity contribution < 1.29 is 9.13 Å². The average molecular weight is 253 g/mol. The highest BCUT2D eigenvalue weighted by Crippen LogP contribution is 2.21. The van der Waals surface area contributed by atoms with Crippen molar-refractivity contribution in [1.29, 1.82) is 0 Å². The van der Waals surface area contributed by atoms with Gasteiger partial charge in [0.25, 0.3) is 0 Å². The molecule has 0 radical (unpaired) electrons. The monoisotopic (exact) mass is 253 g/mol. The minimum absolute atomic E-state index is 0.214. The van der Waals surface area contributed by atoms with Crippen LogP contribution in [0.15, 0.2) is 18.2 Å². The molecule has 0 aromatic heterocycles. The first-order valence-corrected chi connectivity index (χ1v) is 6.71. The van der Waals surface area contributed by atoms with Gasteiger partial charge in [0.1, 0.15) is 0 Å². The molecule has 0 saturated carbocycles. The molecule has 0 saturated heterocycles. The first-order valence-electron chi connectivity index (χ1n) is 6.71. The summed E-state index contributed by atoms with van der Waals surface area (Å²) in [6, 6.07) is 5.34. The largest absolute Gasteiger partial charge is 0.494 e. The number of halogens is 1. The van der Waals surface area contributed by atoms with E-state index in [4.69, 9.17) is 4.74 Å². The molecule has 1 atom stereocenters. The third-order valence-electron chi connectivity index (χ3n) is 3.09. The lowest BCUT2D eigenvalue weighted by molar-refractivity contribution is 0.382. The standard InChI is InChI=1S/C15H24FNO/c1-4-10-17-11-12(2)8-9-13-6-5-7-14(18-3)15(13)16/h5-7,12,17H,4,8-11H2,1-3H3. The smallest absolute Gasteiger partial charge is 0.168 e. The summed E-state index contributed by atoms with van der Waals surface area (Å²) < 4.78 is 18.9. The van der Waals surface area contributed by atoms with E-state index >= 15 is 0 Å². The van der Waals surface area contributed by atoms with Crippen LogP contribution >= 0.6 is 0 Å². The van der Waals surface area contributed by atoms with Gasteiger partial charge in [-0.05, 0) is 49.9 Å². The maximum atomic E-state index is 13.9. The summed E-state index contributed by atoms with van der Waals surface area (Å²) in [5, 5.41) is 3.39. The second kappa shape index (κ2) is 8.09. The summed E-state index contributed by atoms with van der Waals surface area (Å²) in [5.41, 5.74) is 0.747. The second-order valence-corrected chi connectivity index (χ2v) is 4.78. The molecule has 0 heterocycles. The third-order valence-corrected chi connectivity index (χ3v) is 3.09. The van der Waals surface area contributed by atoms with Gasteiger partial charge in [-0.15, -0.1) is 0 Å². The van der Waals surface area contributed by atoms with Crippen molar-refractivity contribution in [2.75, 3.05) is 20.2 Å². The van der Waals surface area contributed by atoms with Crippen molar-refractivity contribution >= 4 is 0 Å². The summed E-state index contributed by atoms with van der Waals surface area (Å²) >= 11 is 0. The topological polar surface area (TPSA) is 21.3 Å². The Labute approximate surface area is 110 Å². The molecule has 0 aliphatic heterocycles. The van der Waals surface area contributed by atoms with Gasteiger partial charge in [0.2, 0.25) is 0 Å². The molecule has 1 unspecified atom stereocenters. The van der Waals surface area contributed by atoms with E-state index in [9.17, 15) is 4.39 Å². The van der Waals surface area contributed by atoms with Crippen LogP contribution in [0.4, 0.5) is 4.39 Å². The Kier molecular flexibility index (Phi) is 6.73. The Morgan fingerprint density at radius 2 is 2.17 bits per heavy atom. The number of rotatable bonds is 8. The van der Waals surface area contributed by atoms with E-state index in [1.54, 1.807) is 6.07 Å². The lowest BCUT2D eigenvalue weighted by Gasteiger charge is -2.13. The van der Waals surface area contributed by atoms with Crippen molar-refractivity contribution in [2.45, 2.75) is 33.1 Å². The van der Waals surface area contributed by atoms with Crippen LogP contribution in [0.2, 0.25) is 0 Å². The van der Waals surface area contributed by atoms with Crippen LogP contribution in [-0.4, -0.2) is 20.2 Å². The maximum Gasteiger partial charge on any atom is 0.168 e. The van der Waals surface area contributed by atoms with Gasteiger partial charge in [-0.2, -0.15) is 0 Å². The van der Waals surface area contributed by atoms with Crippen LogP contribution in [0.5, 0.6) is 5.75 Å². The molecule has 1 N–H and O–H groups in total. The van der Waals surface area contributed by atoms with E-state index in [1.165, 1.54) is 7.11 Å². The lowest BCUT2D eigenvalue weighted by atomic mass is 10.0. The molecule has 102 valence electrons. The fourth-order valence-electron chi connectivity index (χ4n) is 1.94. The summed E-state index contributed by atoms with van der Waals surface area (Å²) in [6.07, 6.45) is 2.90. The number of methoxy groups -OCH3 is 1. The van der Waals surface area contributed by atoms with Crippen LogP contribution in [0.1, 0.15) is 32.3 Å². The van der Waals surface area contributed by atoms with Gasteiger partial charge in [-0.1, -0.05) is 26.0 Å². The molecular weight excluding hydrogens is 229 g/mol. The Bertz CT molecular complexity index is 354. The Morgan fingerprint density at radius 3 is 2.83 bits per heavy atom. The van der Waals surface area contributed by atoms with Crippen LogP contribution < -0.4 is 10.1 Å². The van der Waals surface area contributed by atoms with Gasteiger partial charge < -0.3 is 10.1 Å². The van der Waals surface area contributed by atoms with Crippen LogP contribution in [0.3, 0.4) is 0 Å². The molecule has 0 spiro atoms. The normalized spacial score (nSPS) is 12.4. The zero-order valence-electron chi connectivity index (χ0n) is 11.6. The summed E-state index contributed by atoms with van der Waals surface area (Å²) in [6.45, 7) is 6.40. The van der Waals surface area contributed by atoms with E-state index in [1.807, 2.05) is 12.1 Å². The van der Waals surface area contributed by atoms with Gasteiger partial charge in [0, 0.05) is 0 Å². The zero-order valence-corrected chi connectivity index (χ0v) is 11.6. The minimum Gasteiger partial charge on any atom is -0.494 e. The third kappa shape index (κ3) is 4.65. The number of aryl methyl sites for hydroxylation is 1. The average Bonchev–Trinajstić information content (AvgIpc) is 2.38. The highest BCUT2D eigenvalue weighted by atomic mass is 19.1. The zero-order chi connectivity index (χ0) is 13.4. The van der Waals surface area contributed by atoms with Crippen molar-refractivity contribution in [3.05, 3.63) is 29.6 Å². The van der Waals surface area contributed by atoms with Crippen molar-refractivity contribution in [3.8, 4) is 5.75 Å². The Hall–Kier alpha value is -1.09. The van der Waals surface area contributed by atoms with Gasteiger partial charge in [-0.3, -0.25) is 0 Å². The van der Waals surface area contributed by atoms with Crippen LogP contribution in [-0.2, 0) is 6.42 Å². The number of nitrogens with one attached hydrogen (secondary N) is 1. The predicted molar refractivity (Wildman–Crippen MR) is 73.6 cm³/mol. The highest BCUT2D eigenvalue weighted by molar-refractivity contribution is 5.31. The Balaban J connectivity index is 2.43. The maximum absolute atomic E-state index is 13.9. The lowest BCUT2D eigenvalue weighted by Crippen LogP contribution is -2.22. The molecule has 1 aromatic rings. The van der Waals surface area contributed by atoms with Crippen LogP contribution in [0, 0.1) is 11.7 Å². The summed E-state index contributed by atoms with van der Waals surface area (Å²) in [5.74, 6) is 0.681. The number of ether oxygens (including phenoxy) is 1. The molecule has 3 heteroatoms. The van der Waals surface area contributed by atoms with Crippen molar-refractivity contribution in [1.82, 2.24) is 5.32 Å². The van der Waals surface area contributed by atoms with E-state index in [-0.39, 0.29) is 5.82 Å².